The summed E-state index contributed by atoms with van der Waals surface area (Å²) in [7, 11) is 1.59. The molecule has 0 bridgehead atoms. The Hall–Kier alpha value is -3.06. The van der Waals surface area contributed by atoms with Crippen molar-refractivity contribution in [2.45, 2.75) is 13.8 Å². The van der Waals surface area contributed by atoms with Gasteiger partial charge in [0, 0.05) is 5.69 Å². The number of carbonyl (C=O) groups excluding carboxylic acids is 3. The van der Waals surface area contributed by atoms with E-state index in [-0.39, 0.29) is 11.4 Å². The SMILES string of the molecule is COc1ccc(/C=C2/SC(=O)N(CC(=O)Nc3ccc(C)cc3)C2=O)cc1C. The highest BCUT2D eigenvalue weighted by molar-refractivity contribution is 8.18. The summed E-state index contributed by atoms with van der Waals surface area (Å²) >= 11 is 0.830. The van der Waals surface area contributed by atoms with Crippen LogP contribution in [0, 0.1) is 13.8 Å². The highest BCUT2D eigenvalue weighted by atomic mass is 32.2. The molecule has 1 aliphatic heterocycles. The summed E-state index contributed by atoms with van der Waals surface area (Å²) in [5.74, 6) is -0.145. The van der Waals surface area contributed by atoms with Gasteiger partial charge >= 0.3 is 0 Å². The maximum absolute atomic E-state index is 12.6. The zero-order valence-electron chi connectivity index (χ0n) is 15.8. The smallest absolute Gasteiger partial charge is 0.294 e. The molecule has 0 saturated carbocycles. The number of carbonyl (C=O) groups is 3. The van der Waals surface area contributed by atoms with E-state index in [2.05, 4.69) is 5.32 Å². The van der Waals surface area contributed by atoms with Gasteiger partial charge in [-0.1, -0.05) is 23.8 Å². The van der Waals surface area contributed by atoms with Crippen molar-refractivity contribution in [3.63, 3.8) is 0 Å². The lowest BCUT2D eigenvalue weighted by atomic mass is 10.1. The van der Waals surface area contributed by atoms with Gasteiger partial charge in [0.15, 0.2) is 0 Å². The molecule has 6 nitrogen and oxygen atoms in total. The van der Waals surface area contributed by atoms with Crippen LogP contribution in [-0.4, -0.2) is 35.6 Å². The molecule has 0 spiro atoms. The number of nitrogens with one attached hydrogen (secondary N) is 1. The van der Waals surface area contributed by atoms with Crippen molar-refractivity contribution in [3.8, 4) is 5.75 Å². The molecule has 0 aromatic heterocycles. The highest BCUT2D eigenvalue weighted by Crippen LogP contribution is 2.32. The number of anilines is 1. The number of hydrogen-bond donors (Lipinski definition) is 1. The molecule has 3 rings (SSSR count). The predicted octanol–water partition coefficient (Wildman–Crippen LogP) is 3.99. The number of hydrogen-bond acceptors (Lipinski definition) is 5. The van der Waals surface area contributed by atoms with Gasteiger partial charge in [-0.05, 0) is 67.1 Å². The van der Waals surface area contributed by atoms with Crippen LogP contribution in [0.3, 0.4) is 0 Å². The number of nitrogens with zero attached hydrogens (tertiary/aromatic N) is 1. The van der Waals surface area contributed by atoms with Gasteiger partial charge in [-0.2, -0.15) is 0 Å². The number of thioether (sulfide) groups is 1. The summed E-state index contributed by atoms with van der Waals surface area (Å²) in [5, 5.41) is 2.24. The molecule has 1 saturated heterocycles. The summed E-state index contributed by atoms with van der Waals surface area (Å²) in [5.41, 5.74) is 3.40. The van der Waals surface area contributed by atoms with Crippen LogP contribution in [0.5, 0.6) is 5.75 Å². The van der Waals surface area contributed by atoms with Crippen LogP contribution in [0.25, 0.3) is 6.08 Å². The number of amides is 3. The summed E-state index contributed by atoms with van der Waals surface area (Å²) < 4.78 is 5.22. The number of imide groups is 1. The summed E-state index contributed by atoms with van der Waals surface area (Å²) in [6, 6.07) is 12.8. The molecular formula is C21H20N2O4S. The number of benzene rings is 2. The number of methoxy groups -OCH3 is 1. The monoisotopic (exact) mass is 396 g/mol. The summed E-state index contributed by atoms with van der Waals surface area (Å²) in [4.78, 5) is 38.3. The van der Waals surface area contributed by atoms with E-state index in [1.165, 1.54) is 0 Å². The predicted molar refractivity (Wildman–Crippen MR) is 110 cm³/mol. The van der Waals surface area contributed by atoms with E-state index >= 15 is 0 Å². The van der Waals surface area contributed by atoms with Crippen molar-refractivity contribution in [2.75, 3.05) is 19.0 Å². The Labute approximate surface area is 167 Å². The molecule has 0 aliphatic carbocycles. The second kappa shape index (κ2) is 8.31. The van der Waals surface area contributed by atoms with Crippen molar-refractivity contribution >= 4 is 40.6 Å². The first-order chi connectivity index (χ1) is 13.4. The number of ether oxygens (including phenoxy) is 1. The van der Waals surface area contributed by atoms with E-state index in [0.29, 0.717) is 5.69 Å². The van der Waals surface area contributed by atoms with E-state index in [1.807, 2.05) is 38.1 Å². The Balaban J connectivity index is 1.69. The van der Waals surface area contributed by atoms with Gasteiger partial charge in [0.2, 0.25) is 5.91 Å². The lowest BCUT2D eigenvalue weighted by Crippen LogP contribution is -2.36. The molecule has 0 atom stereocenters. The van der Waals surface area contributed by atoms with Crippen molar-refractivity contribution in [1.82, 2.24) is 4.90 Å². The standard InChI is InChI=1S/C21H20N2O4S/c1-13-4-7-16(8-5-13)22-19(24)12-23-20(25)18(28-21(23)26)11-15-6-9-17(27-3)14(2)10-15/h4-11H,12H2,1-3H3,(H,22,24)/b18-11+. The fourth-order valence-corrected chi connectivity index (χ4v) is 3.60. The third-order valence-electron chi connectivity index (χ3n) is 4.23. The zero-order valence-corrected chi connectivity index (χ0v) is 16.6. The molecule has 1 N–H and O–H groups in total. The van der Waals surface area contributed by atoms with Crippen LogP contribution in [0.4, 0.5) is 10.5 Å². The van der Waals surface area contributed by atoms with Crippen LogP contribution in [0.1, 0.15) is 16.7 Å². The maximum Gasteiger partial charge on any atom is 0.294 e. The van der Waals surface area contributed by atoms with Crippen LogP contribution in [-0.2, 0) is 9.59 Å². The van der Waals surface area contributed by atoms with E-state index in [9.17, 15) is 14.4 Å². The molecule has 3 amide bonds. The highest BCUT2D eigenvalue weighted by Gasteiger charge is 2.36. The number of aryl methyl sites for hydroxylation is 2. The van der Waals surface area contributed by atoms with E-state index in [0.717, 1.165) is 39.1 Å². The quantitative estimate of drug-likeness (QED) is 0.774. The van der Waals surface area contributed by atoms with Gasteiger partial charge in [-0.3, -0.25) is 19.3 Å². The Morgan fingerprint density at radius 3 is 2.50 bits per heavy atom. The first-order valence-electron chi connectivity index (χ1n) is 8.64. The molecule has 0 radical (unpaired) electrons. The van der Waals surface area contributed by atoms with Crippen molar-refractivity contribution < 1.29 is 19.1 Å². The molecule has 7 heteroatoms. The average Bonchev–Trinajstić information content (AvgIpc) is 2.91. The van der Waals surface area contributed by atoms with Gasteiger partial charge < -0.3 is 10.1 Å². The van der Waals surface area contributed by atoms with Gasteiger partial charge in [-0.15, -0.1) is 0 Å². The van der Waals surface area contributed by atoms with Crippen LogP contribution >= 0.6 is 11.8 Å². The zero-order chi connectivity index (χ0) is 20.3. The van der Waals surface area contributed by atoms with Gasteiger partial charge in [0.05, 0.1) is 12.0 Å². The minimum Gasteiger partial charge on any atom is -0.496 e. The largest absolute Gasteiger partial charge is 0.496 e. The molecule has 0 unspecified atom stereocenters. The molecule has 144 valence electrons. The lowest BCUT2D eigenvalue weighted by molar-refractivity contribution is -0.127. The first-order valence-corrected chi connectivity index (χ1v) is 9.45. The lowest BCUT2D eigenvalue weighted by Gasteiger charge is -2.12. The van der Waals surface area contributed by atoms with Crippen LogP contribution in [0.15, 0.2) is 47.4 Å². The van der Waals surface area contributed by atoms with Crippen molar-refractivity contribution in [2.24, 2.45) is 0 Å². The minimum absolute atomic E-state index is 0.290. The van der Waals surface area contributed by atoms with Gasteiger partial charge in [0.1, 0.15) is 12.3 Å². The third-order valence-corrected chi connectivity index (χ3v) is 5.13. The summed E-state index contributed by atoms with van der Waals surface area (Å²) in [6.45, 7) is 3.53. The van der Waals surface area contributed by atoms with Crippen molar-refractivity contribution in [3.05, 3.63) is 64.1 Å². The maximum atomic E-state index is 12.6. The summed E-state index contributed by atoms with van der Waals surface area (Å²) in [6.07, 6.45) is 1.65. The van der Waals surface area contributed by atoms with E-state index in [1.54, 1.807) is 31.4 Å². The number of rotatable bonds is 5. The Morgan fingerprint density at radius 1 is 1.14 bits per heavy atom. The molecule has 1 heterocycles. The molecule has 2 aromatic carbocycles. The van der Waals surface area contributed by atoms with Gasteiger partial charge in [0.25, 0.3) is 11.1 Å². The molecule has 1 aliphatic rings. The fourth-order valence-electron chi connectivity index (χ4n) is 2.76. The van der Waals surface area contributed by atoms with E-state index in [4.69, 9.17) is 4.74 Å². The Kier molecular flexibility index (Phi) is 5.84. The Bertz CT molecular complexity index is 967. The topological polar surface area (TPSA) is 75.7 Å². The van der Waals surface area contributed by atoms with Crippen molar-refractivity contribution in [1.29, 1.82) is 0 Å². The molecule has 2 aromatic rings. The van der Waals surface area contributed by atoms with Crippen LogP contribution < -0.4 is 10.1 Å². The fraction of sp³-hybridized carbons (Fsp3) is 0.190. The minimum atomic E-state index is -0.470. The van der Waals surface area contributed by atoms with Gasteiger partial charge in [-0.25, -0.2) is 0 Å². The first kappa shape index (κ1) is 19.7. The Morgan fingerprint density at radius 2 is 1.86 bits per heavy atom. The molecule has 28 heavy (non-hydrogen) atoms. The second-order valence-electron chi connectivity index (χ2n) is 6.41. The van der Waals surface area contributed by atoms with E-state index < -0.39 is 17.1 Å². The normalized spacial score (nSPS) is 15.2. The third kappa shape index (κ3) is 4.43. The molecule has 1 fully saturated rings. The second-order valence-corrected chi connectivity index (χ2v) is 7.40. The van der Waals surface area contributed by atoms with Crippen LogP contribution in [0.2, 0.25) is 0 Å². The average molecular weight is 396 g/mol. The molecular weight excluding hydrogens is 376 g/mol.